The molecule has 0 radical (unpaired) electrons. The highest BCUT2D eigenvalue weighted by molar-refractivity contribution is 4.73. The molecule has 0 saturated carbocycles. The van der Waals surface area contributed by atoms with Gasteiger partial charge >= 0.3 is 0 Å². The summed E-state index contributed by atoms with van der Waals surface area (Å²) in [6, 6.07) is 0.635. The van der Waals surface area contributed by atoms with E-state index in [0.717, 1.165) is 19.1 Å². The van der Waals surface area contributed by atoms with Crippen LogP contribution in [0.15, 0.2) is 0 Å². The number of likely N-dealkylation sites (tertiary alicyclic amines) is 1. The normalized spacial score (nSPS) is 25.9. The third-order valence-corrected chi connectivity index (χ3v) is 4.08. The van der Waals surface area contributed by atoms with E-state index < -0.39 is 0 Å². The van der Waals surface area contributed by atoms with Crippen LogP contribution in [0.2, 0.25) is 0 Å². The molecule has 0 spiro atoms. The molecule has 2 fully saturated rings. The summed E-state index contributed by atoms with van der Waals surface area (Å²) >= 11 is 0. The Kier molecular flexibility index (Phi) is 5.75. The van der Waals surface area contributed by atoms with E-state index in [1.165, 1.54) is 58.3 Å². The van der Waals surface area contributed by atoms with Crippen LogP contribution in [0.4, 0.5) is 0 Å². The summed E-state index contributed by atoms with van der Waals surface area (Å²) in [5.74, 6) is 0.840. The van der Waals surface area contributed by atoms with Crippen LogP contribution in [0.5, 0.6) is 0 Å². The van der Waals surface area contributed by atoms with Crippen molar-refractivity contribution >= 4 is 0 Å². The van der Waals surface area contributed by atoms with Crippen LogP contribution < -0.4 is 5.32 Å². The predicted molar refractivity (Wildman–Crippen MR) is 71.3 cm³/mol. The molecule has 0 aliphatic carbocycles. The average molecular weight is 240 g/mol. The first-order valence-corrected chi connectivity index (χ1v) is 7.38. The Morgan fingerprint density at radius 3 is 2.59 bits per heavy atom. The van der Waals surface area contributed by atoms with Gasteiger partial charge in [0.1, 0.15) is 0 Å². The van der Waals surface area contributed by atoms with Crippen LogP contribution in [0.3, 0.4) is 0 Å². The largest absolute Gasteiger partial charge is 0.381 e. The van der Waals surface area contributed by atoms with E-state index in [1.54, 1.807) is 0 Å². The summed E-state index contributed by atoms with van der Waals surface area (Å²) in [6.07, 6.45) is 6.70. The van der Waals surface area contributed by atoms with Crippen molar-refractivity contribution in [3.05, 3.63) is 0 Å². The van der Waals surface area contributed by atoms with E-state index in [2.05, 4.69) is 17.1 Å². The first-order chi connectivity index (χ1) is 8.34. The van der Waals surface area contributed by atoms with Crippen LogP contribution >= 0.6 is 0 Å². The van der Waals surface area contributed by atoms with Gasteiger partial charge in [0.2, 0.25) is 0 Å². The molecule has 0 aromatic rings. The highest BCUT2D eigenvalue weighted by atomic mass is 16.5. The standard InChI is InChI=1S/C14H28N2O/c1-13(12-16-7-3-2-4-8-16)15-11-14-5-9-17-10-6-14/h13-15H,2-12H2,1H3. The maximum atomic E-state index is 5.39. The second-order valence-electron chi connectivity index (χ2n) is 5.73. The Balaban J connectivity index is 1.57. The molecule has 1 unspecified atom stereocenters. The van der Waals surface area contributed by atoms with E-state index in [0.29, 0.717) is 6.04 Å². The molecule has 100 valence electrons. The summed E-state index contributed by atoms with van der Waals surface area (Å²) in [5.41, 5.74) is 0. The molecule has 2 saturated heterocycles. The summed E-state index contributed by atoms with van der Waals surface area (Å²) in [6.45, 7) is 9.28. The number of nitrogens with zero attached hydrogens (tertiary/aromatic N) is 1. The molecule has 2 rings (SSSR count). The lowest BCUT2D eigenvalue weighted by atomic mass is 10.00. The Morgan fingerprint density at radius 1 is 1.18 bits per heavy atom. The fourth-order valence-corrected chi connectivity index (χ4v) is 2.91. The second kappa shape index (κ2) is 7.34. The second-order valence-corrected chi connectivity index (χ2v) is 5.73. The van der Waals surface area contributed by atoms with Gasteiger partial charge in [0.05, 0.1) is 0 Å². The molecule has 2 aliphatic heterocycles. The minimum atomic E-state index is 0.635. The fraction of sp³-hybridized carbons (Fsp3) is 1.00. The van der Waals surface area contributed by atoms with Crippen molar-refractivity contribution in [3.8, 4) is 0 Å². The summed E-state index contributed by atoms with van der Waals surface area (Å²) < 4.78 is 5.39. The molecule has 2 aliphatic rings. The molecule has 2 heterocycles. The number of ether oxygens (including phenoxy) is 1. The fourth-order valence-electron chi connectivity index (χ4n) is 2.91. The molecule has 3 heteroatoms. The van der Waals surface area contributed by atoms with Crippen LogP contribution in [-0.4, -0.2) is 50.3 Å². The van der Waals surface area contributed by atoms with E-state index in [4.69, 9.17) is 4.74 Å². The van der Waals surface area contributed by atoms with Crippen molar-refractivity contribution in [2.75, 3.05) is 39.4 Å². The number of hydrogen-bond acceptors (Lipinski definition) is 3. The van der Waals surface area contributed by atoms with Gasteiger partial charge in [-0.1, -0.05) is 6.42 Å². The minimum Gasteiger partial charge on any atom is -0.381 e. The summed E-state index contributed by atoms with van der Waals surface area (Å²) in [4.78, 5) is 2.62. The monoisotopic (exact) mass is 240 g/mol. The maximum Gasteiger partial charge on any atom is 0.0469 e. The molecular formula is C14H28N2O. The van der Waals surface area contributed by atoms with Gasteiger partial charge in [-0.2, -0.15) is 0 Å². The Hall–Kier alpha value is -0.120. The molecule has 1 N–H and O–H groups in total. The molecule has 0 aromatic carbocycles. The highest BCUT2D eigenvalue weighted by Gasteiger charge is 2.16. The lowest BCUT2D eigenvalue weighted by Gasteiger charge is -2.30. The van der Waals surface area contributed by atoms with Crippen molar-refractivity contribution in [1.29, 1.82) is 0 Å². The van der Waals surface area contributed by atoms with Crippen LogP contribution in [-0.2, 0) is 4.74 Å². The van der Waals surface area contributed by atoms with Gasteiger partial charge in [0, 0.05) is 25.8 Å². The molecule has 0 aromatic heterocycles. The van der Waals surface area contributed by atoms with Crippen molar-refractivity contribution in [1.82, 2.24) is 10.2 Å². The zero-order chi connectivity index (χ0) is 11.9. The zero-order valence-electron chi connectivity index (χ0n) is 11.3. The van der Waals surface area contributed by atoms with Crippen LogP contribution in [0.1, 0.15) is 39.0 Å². The first kappa shape index (κ1) is 13.3. The lowest BCUT2D eigenvalue weighted by Crippen LogP contribution is -2.43. The van der Waals surface area contributed by atoms with Gasteiger partial charge in [0.15, 0.2) is 0 Å². The van der Waals surface area contributed by atoms with Crippen molar-refractivity contribution in [2.24, 2.45) is 5.92 Å². The van der Waals surface area contributed by atoms with Gasteiger partial charge in [-0.05, 0) is 58.2 Å². The highest BCUT2D eigenvalue weighted by Crippen LogP contribution is 2.14. The number of nitrogens with one attached hydrogen (secondary N) is 1. The molecule has 0 bridgehead atoms. The number of rotatable bonds is 5. The topological polar surface area (TPSA) is 24.5 Å². The van der Waals surface area contributed by atoms with E-state index in [1.807, 2.05) is 0 Å². The Labute approximate surface area is 106 Å². The molecule has 0 amide bonds. The van der Waals surface area contributed by atoms with Crippen LogP contribution in [0, 0.1) is 5.92 Å². The first-order valence-electron chi connectivity index (χ1n) is 7.38. The predicted octanol–water partition coefficient (Wildman–Crippen LogP) is 1.88. The lowest BCUT2D eigenvalue weighted by molar-refractivity contribution is 0.0650. The zero-order valence-corrected chi connectivity index (χ0v) is 11.3. The van der Waals surface area contributed by atoms with Crippen molar-refractivity contribution < 1.29 is 4.74 Å². The minimum absolute atomic E-state index is 0.635. The van der Waals surface area contributed by atoms with E-state index in [-0.39, 0.29) is 0 Å². The van der Waals surface area contributed by atoms with E-state index >= 15 is 0 Å². The summed E-state index contributed by atoms with van der Waals surface area (Å²) in [5, 5.41) is 3.70. The van der Waals surface area contributed by atoms with Gasteiger partial charge < -0.3 is 15.0 Å². The van der Waals surface area contributed by atoms with Crippen molar-refractivity contribution in [2.45, 2.75) is 45.1 Å². The van der Waals surface area contributed by atoms with Crippen molar-refractivity contribution in [3.63, 3.8) is 0 Å². The third-order valence-electron chi connectivity index (χ3n) is 4.08. The summed E-state index contributed by atoms with van der Waals surface area (Å²) in [7, 11) is 0. The van der Waals surface area contributed by atoms with Gasteiger partial charge in [-0.15, -0.1) is 0 Å². The van der Waals surface area contributed by atoms with E-state index in [9.17, 15) is 0 Å². The van der Waals surface area contributed by atoms with Gasteiger partial charge in [-0.25, -0.2) is 0 Å². The smallest absolute Gasteiger partial charge is 0.0469 e. The number of piperidine rings is 1. The third kappa shape index (κ3) is 4.94. The number of hydrogen-bond donors (Lipinski definition) is 1. The maximum absolute atomic E-state index is 5.39. The van der Waals surface area contributed by atoms with Gasteiger partial charge in [0.25, 0.3) is 0 Å². The SMILES string of the molecule is CC(CN1CCCCC1)NCC1CCOCC1. The van der Waals surface area contributed by atoms with Crippen LogP contribution in [0.25, 0.3) is 0 Å². The molecule has 3 nitrogen and oxygen atoms in total. The molecule has 17 heavy (non-hydrogen) atoms. The molecule has 1 atom stereocenters. The average Bonchev–Trinajstić information content (AvgIpc) is 2.39. The molecular weight excluding hydrogens is 212 g/mol. The Morgan fingerprint density at radius 2 is 1.88 bits per heavy atom. The quantitative estimate of drug-likeness (QED) is 0.794. The Bertz CT molecular complexity index is 198. The van der Waals surface area contributed by atoms with Gasteiger partial charge in [-0.3, -0.25) is 0 Å².